The van der Waals surface area contributed by atoms with E-state index in [1.807, 2.05) is 55.5 Å². The molecule has 38 heavy (non-hydrogen) atoms. The van der Waals surface area contributed by atoms with Gasteiger partial charge in [-0.1, -0.05) is 31.2 Å². The number of aromatic nitrogens is 3. The zero-order valence-electron chi connectivity index (χ0n) is 21.6. The van der Waals surface area contributed by atoms with E-state index in [4.69, 9.17) is 10.00 Å². The van der Waals surface area contributed by atoms with Gasteiger partial charge in [-0.25, -0.2) is 9.97 Å². The maximum absolute atomic E-state index is 13.7. The van der Waals surface area contributed by atoms with Crippen LogP contribution in [0.5, 0.6) is 5.75 Å². The fourth-order valence-corrected chi connectivity index (χ4v) is 6.02. The summed E-state index contributed by atoms with van der Waals surface area (Å²) in [4.78, 5) is 39.2. The van der Waals surface area contributed by atoms with Crippen molar-refractivity contribution in [2.24, 2.45) is 5.41 Å². The van der Waals surface area contributed by atoms with Gasteiger partial charge in [-0.05, 0) is 47.9 Å². The van der Waals surface area contributed by atoms with Gasteiger partial charge in [0.25, 0.3) is 0 Å². The van der Waals surface area contributed by atoms with Crippen LogP contribution in [0, 0.1) is 16.7 Å². The Labute approximate surface area is 220 Å². The molecule has 192 valence electrons. The van der Waals surface area contributed by atoms with Crippen molar-refractivity contribution >= 4 is 39.4 Å². The van der Waals surface area contributed by atoms with E-state index in [9.17, 15) is 9.59 Å². The predicted octanol–water partition coefficient (Wildman–Crippen LogP) is 4.34. The van der Waals surface area contributed by atoms with Crippen molar-refractivity contribution < 1.29 is 14.3 Å². The van der Waals surface area contributed by atoms with Crippen LogP contribution in [0.1, 0.15) is 43.0 Å². The molecule has 2 saturated heterocycles. The molecule has 0 radical (unpaired) electrons. The highest BCUT2D eigenvalue weighted by Crippen LogP contribution is 2.49. The molecular weight excluding hydrogens is 480 g/mol. The molecule has 1 unspecified atom stereocenters. The first kappa shape index (κ1) is 23.9. The van der Waals surface area contributed by atoms with Crippen molar-refractivity contribution in [2.45, 2.75) is 38.8 Å². The van der Waals surface area contributed by atoms with E-state index in [1.54, 1.807) is 22.8 Å². The second-order valence-electron chi connectivity index (χ2n) is 10.5. The number of hydrogen-bond donors (Lipinski definition) is 0. The quantitative estimate of drug-likeness (QED) is 0.395. The monoisotopic (exact) mass is 508 g/mol. The molecule has 1 amide bonds. The molecule has 3 atom stereocenters. The number of rotatable bonds is 5. The van der Waals surface area contributed by atoms with E-state index in [-0.39, 0.29) is 29.8 Å². The fraction of sp³-hybridized carbons (Fsp3) is 0.345. The Bertz CT molecular complexity index is 1640. The molecule has 2 aliphatic rings. The highest BCUT2D eigenvalue weighted by molar-refractivity contribution is 5.98. The number of nitriles is 1. The number of likely N-dealkylation sites (tertiary alicyclic amines) is 1. The molecule has 4 heterocycles. The van der Waals surface area contributed by atoms with Crippen LogP contribution in [0.3, 0.4) is 0 Å². The summed E-state index contributed by atoms with van der Waals surface area (Å²) in [5.74, 6) is 0.857. The number of amides is 1. The molecule has 6 rings (SSSR count). The summed E-state index contributed by atoms with van der Waals surface area (Å²) in [5, 5.41) is 11.9. The molecule has 2 fully saturated rings. The summed E-state index contributed by atoms with van der Waals surface area (Å²) in [6.07, 6.45) is 3.86. The SMILES string of the molecule is COc1ccc2cc([C@H](C)C(=O)n3ccc4c(N5CC[C@@]6(C)CN(C(=O)CC#N)C56)ncnc43)ccc2c1. The normalized spacial score (nSPS) is 21.2. The maximum Gasteiger partial charge on any atom is 0.239 e. The third-order valence-corrected chi connectivity index (χ3v) is 8.13. The van der Waals surface area contributed by atoms with E-state index in [0.717, 1.165) is 40.4 Å². The van der Waals surface area contributed by atoms with Crippen LogP contribution in [0.2, 0.25) is 0 Å². The summed E-state index contributed by atoms with van der Waals surface area (Å²) in [5.41, 5.74) is 1.41. The van der Waals surface area contributed by atoms with Crippen molar-refractivity contribution in [1.82, 2.24) is 19.4 Å². The van der Waals surface area contributed by atoms with Gasteiger partial charge < -0.3 is 14.5 Å². The highest BCUT2D eigenvalue weighted by Gasteiger charge is 2.58. The van der Waals surface area contributed by atoms with Gasteiger partial charge in [0.1, 0.15) is 30.5 Å². The molecule has 2 aromatic carbocycles. The Kier molecular flexibility index (Phi) is 5.56. The number of anilines is 1. The number of ether oxygens (including phenoxy) is 1. The maximum atomic E-state index is 13.7. The Morgan fingerprint density at radius 2 is 1.97 bits per heavy atom. The van der Waals surface area contributed by atoms with Gasteiger partial charge in [0.05, 0.1) is 24.5 Å². The third-order valence-electron chi connectivity index (χ3n) is 8.13. The zero-order chi connectivity index (χ0) is 26.6. The fourth-order valence-electron chi connectivity index (χ4n) is 6.02. The van der Waals surface area contributed by atoms with Gasteiger partial charge in [0, 0.05) is 24.7 Å². The average molecular weight is 509 g/mol. The molecule has 2 aliphatic heterocycles. The number of carbonyl (C=O) groups is 2. The van der Waals surface area contributed by atoms with Crippen molar-refractivity contribution in [3.05, 3.63) is 60.6 Å². The summed E-state index contributed by atoms with van der Waals surface area (Å²) >= 11 is 0. The second kappa shape index (κ2) is 8.84. The Hall–Kier alpha value is -4.45. The van der Waals surface area contributed by atoms with Crippen LogP contribution in [-0.4, -0.2) is 57.6 Å². The lowest BCUT2D eigenvalue weighted by atomic mass is 9.77. The number of nitrogens with zero attached hydrogens (tertiary/aromatic N) is 6. The topological polar surface area (TPSA) is 104 Å². The Morgan fingerprint density at radius 1 is 1.18 bits per heavy atom. The number of fused-ring (bicyclic) bond motifs is 3. The van der Waals surface area contributed by atoms with Gasteiger partial charge in [-0.15, -0.1) is 0 Å². The van der Waals surface area contributed by atoms with Gasteiger partial charge in [0.2, 0.25) is 11.8 Å². The van der Waals surface area contributed by atoms with Crippen molar-refractivity contribution in [3.8, 4) is 11.8 Å². The summed E-state index contributed by atoms with van der Waals surface area (Å²) < 4.78 is 6.91. The van der Waals surface area contributed by atoms with Crippen LogP contribution < -0.4 is 9.64 Å². The predicted molar refractivity (Wildman–Crippen MR) is 143 cm³/mol. The molecule has 0 saturated carbocycles. The smallest absolute Gasteiger partial charge is 0.239 e. The largest absolute Gasteiger partial charge is 0.497 e. The van der Waals surface area contributed by atoms with E-state index in [1.165, 1.54) is 6.33 Å². The van der Waals surface area contributed by atoms with E-state index in [2.05, 4.69) is 21.8 Å². The molecule has 0 bridgehead atoms. The van der Waals surface area contributed by atoms with Gasteiger partial charge in [-0.3, -0.25) is 14.2 Å². The van der Waals surface area contributed by atoms with Crippen LogP contribution in [0.25, 0.3) is 21.8 Å². The molecule has 0 N–H and O–H groups in total. The number of hydrogen-bond acceptors (Lipinski definition) is 7. The van der Waals surface area contributed by atoms with Crippen LogP contribution in [-0.2, 0) is 4.79 Å². The Balaban J connectivity index is 1.31. The molecule has 4 aromatic rings. The minimum atomic E-state index is -0.392. The minimum Gasteiger partial charge on any atom is -0.497 e. The highest BCUT2D eigenvalue weighted by atomic mass is 16.5. The molecular formula is C29H28N6O3. The van der Waals surface area contributed by atoms with E-state index < -0.39 is 5.92 Å². The first-order chi connectivity index (χ1) is 18.3. The third kappa shape index (κ3) is 3.59. The molecule has 0 aliphatic carbocycles. The van der Waals surface area contributed by atoms with E-state index >= 15 is 0 Å². The van der Waals surface area contributed by atoms with Crippen molar-refractivity contribution in [1.29, 1.82) is 5.26 Å². The van der Waals surface area contributed by atoms with Crippen LogP contribution >= 0.6 is 0 Å². The van der Waals surface area contributed by atoms with Crippen LogP contribution in [0.15, 0.2) is 55.0 Å². The lowest BCUT2D eigenvalue weighted by Crippen LogP contribution is -2.67. The molecule has 9 heteroatoms. The first-order valence-electron chi connectivity index (χ1n) is 12.7. The number of carbonyl (C=O) groups excluding carboxylic acids is 2. The van der Waals surface area contributed by atoms with Crippen LogP contribution in [0.4, 0.5) is 5.82 Å². The first-order valence-corrected chi connectivity index (χ1v) is 12.7. The average Bonchev–Trinajstić information content (AvgIpc) is 3.47. The summed E-state index contributed by atoms with van der Waals surface area (Å²) in [6.45, 7) is 5.45. The molecule has 9 nitrogen and oxygen atoms in total. The Morgan fingerprint density at radius 3 is 2.76 bits per heavy atom. The van der Waals surface area contributed by atoms with Crippen molar-refractivity contribution in [3.63, 3.8) is 0 Å². The number of benzene rings is 2. The van der Waals surface area contributed by atoms with Gasteiger partial charge in [0.15, 0.2) is 5.65 Å². The second-order valence-corrected chi connectivity index (χ2v) is 10.5. The lowest BCUT2D eigenvalue weighted by molar-refractivity contribution is -0.148. The minimum absolute atomic E-state index is 0.0462. The zero-order valence-corrected chi connectivity index (χ0v) is 21.6. The number of methoxy groups -OCH3 is 1. The molecule has 2 aromatic heterocycles. The summed E-state index contributed by atoms with van der Waals surface area (Å²) in [7, 11) is 1.64. The van der Waals surface area contributed by atoms with E-state index in [0.29, 0.717) is 18.0 Å². The van der Waals surface area contributed by atoms with Gasteiger partial charge >= 0.3 is 0 Å². The summed E-state index contributed by atoms with van der Waals surface area (Å²) in [6, 6.07) is 15.7. The van der Waals surface area contributed by atoms with Gasteiger partial charge in [-0.2, -0.15) is 5.26 Å². The van der Waals surface area contributed by atoms with Crippen molar-refractivity contribution in [2.75, 3.05) is 25.1 Å². The lowest BCUT2D eigenvalue weighted by Gasteiger charge is -2.54. The molecule has 0 spiro atoms. The standard InChI is InChI=1S/C29H28N6O3/c1-18(19-4-5-21-15-22(38-3)7-6-20(21)14-19)27(37)33-12-9-23-25(33)31-17-32-26(23)34-13-10-29(2)16-35(28(29)34)24(36)8-11-30/h4-7,9,12,14-15,17-18,28H,8,10,13,16H2,1-3H3/t18-,28?,29-/m0/s1.